The van der Waals surface area contributed by atoms with Crippen LogP contribution in [0.5, 0.6) is 0 Å². The van der Waals surface area contributed by atoms with Crippen molar-refractivity contribution in [3.8, 4) is 0 Å². The summed E-state index contributed by atoms with van der Waals surface area (Å²) in [6.45, 7) is 7.36. The van der Waals surface area contributed by atoms with E-state index in [-0.39, 0.29) is 17.7 Å². The van der Waals surface area contributed by atoms with Crippen LogP contribution in [0, 0.1) is 5.92 Å². The maximum Gasteiger partial charge on any atom is 0.224 e. The van der Waals surface area contributed by atoms with E-state index in [4.69, 9.17) is 5.73 Å². The Labute approximate surface area is 137 Å². The zero-order valence-corrected chi connectivity index (χ0v) is 13.9. The van der Waals surface area contributed by atoms with Crippen molar-refractivity contribution in [3.05, 3.63) is 29.8 Å². The number of rotatable bonds is 5. The van der Waals surface area contributed by atoms with E-state index in [0.29, 0.717) is 13.1 Å². The number of piperazine rings is 1. The molecule has 1 heterocycles. The van der Waals surface area contributed by atoms with Gasteiger partial charge in [-0.25, -0.2) is 0 Å². The molecule has 1 aliphatic heterocycles. The third-order valence-electron chi connectivity index (χ3n) is 4.31. The van der Waals surface area contributed by atoms with Crippen LogP contribution in [0.1, 0.15) is 19.4 Å². The number of carbonyl (C=O) groups is 2. The van der Waals surface area contributed by atoms with Gasteiger partial charge in [-0.05, 0) is 11.6 Å². The van der Waals surface area contributed by atoms with Gasteiger partial charge in [0.05, 0.1) is 0 Å². The number of para-hydroxylation sites is 1. The standard InChI is InChI=1S/C17H26N4O2/c1-13(11-18)17(23)19-12-15-5-3-4-6-16(15)21-9-7-20(8-10-21)14(2)22/h3-6,13H,7-12,18H2,1-2H3,(H,19,23). The van der Waals surface area contributed by atoms with Gasteiger partial charge in [-0.3, -0.25) is 9.59 Å². The summed E-state index contributed by atoms with van der Waals surface area (Å²) < 4.78 is 0. The predicted octanol–water partition coefficient (Wildman–Crippen LogP) is 0.566. The lowest BCUT2D eigenvalue weighted by atomic mass is 10.1. The Morgan fingerprint density at radius 3 is 2.48 bits per heavy atom. The largest absolute Gasteiger partial charge is 0.368 e. The number of benzene rings is 1. The highest BCUT2D eigenvalue weighted by Crippen LogP contribution is 2.22. The minimum atomic E-state index is -0.179. The van der Waals surface area contributed by atoms with Gasteiger partial charge in [-0.2, -0.15) is 0 Å². The van der Waals surface area contributed by atoms with Crippen molar-refractivity contribution in [1.82, 2.24) is 10.2 Å². The highest BCUT2D eigenvalue weighted by Gasteiger charge is 2.20. The summed E-state index contributed by atoms with van der Waals surface area (Å²) in [5.41, 5.74) is 7.73. The van der Waals surface area contributed by atoms with Gasteiger partial charge in [0.1, 0.15) is 0 Å². The predicted molar refractivity (Wildman–Crippen MR) is 91.0 cm³/mol. The smallest absolute Gasteiger partial charge is 0.224 e. The molecule has 0 radical (unpaired) electrons. The van der Waals surface area contributed by atoms with Crippen LogP contribution in [0.25, 0.3) is 0 Å². The lowest BCUT2D eigenvalue weighted by molar-refractivity contribution is -0.129. The Kier molecular flexibility index (Phi) is 5.98. The van der Waals surface area contributed by atoms with E-state index in [1.165, 1.54) is 0 Å². The summed E-state index contributed by atoms with van der Waals surface area (Å²) >= 11 is 0. The first-order chi connectivity index (χ1) is 11.0. The molecule has 1 saturated heterocycles. The molecule has 0 aromatic heterocycles. The molecule has 0 spiro atoms. The van der Waals surface area contributed by atoms with E-state index in [0.717, 1.165) is 37.4 Å². The van der Waals surface area contributed by atoms with Crippen LogP contribution in [-0.4, -0.2) is 49.4 Å². The maximum atomic E-state index is 11.9. The van der Waals surface area contributed by atoms with Gasteiger partial charge in [0.15, 0.2) is 0 Å². The normalized spacial score (nSPS) is 16.1. The van der Waals surface area contributed by atoms with Crippen molar-refractivity contribution in [3.63, 3.8) is 0 Å². The lowest BCUT2D eigenvalue weighted by Crippen LogP contribution is -2.48. The Bertz CT molecular complexity index is 553. The third kappa shape index (κ3) is 4.45. The molecular formula is C17H26N4O2. The summed E-state index contributed by atoms with van der Waals surface area (Å²) in [5, 5.41) is 2.95. The van der Waals surface area contributed by atoms with E-state index >= 15 is 0 Å². The number of carbonyl (C=O) groups excluding carboxylic acids is 2. The van der Waals surface area contributed by atoms with Crippen molar-refractivity contribution in [1.29, 1.82) is 0 Å². The average molecular weight is 318 g/mol. The molecule has 2 amide bonds. The molecule has 1 unspecified atom stereocenters. The first kappa shape index (κ1) is 17.3. The molecule has 23 heavy (non-hydrogen) atoms. The van der Waals surface area contributed by atoms with E-state index < -0.39 is 0 Å². The fourth-order valence-electron chi connectivity index (χ4n) is 2.69. The van der Waals surface area contributed by atoms with Crippen molar-refractivity contribution >= 4 is 17.5 Å². The summed E-state index contributed by atoms with van der Waals surface area (Å²) in [6.07, 6.45) is 0. The molecule has 6 nitrogen and oxygen atoms in total. The SMILES string of the molecule is CC(=O)N1CCN(c2ccccc2CNC(=O)C(C)CN)CC1. The number of hydrogen-bond acceptors (Lipinski definition) is 4. The number of amides is 2. The Morgan fingerprint density at radius 2 is 1.87 bits per heavy atom. The molecule has 1 fully saturated rings. The fraction of sp³-hybridized carbons (Fsp3) is 0.529. The average Bonchev–Trinajstić information content (AvgIpc) is 2.59. The Morgan fingerprint density at radius 1 is 1.22 bits per heavy atom. The van der Waals surface area contributed by atoms with Crippen LogP contribution in [0.4, 0.5) is 5.69 Å². The van der Waals surface area contributed by atoms with Gasteiger partial charge in [0.25, 0.3) is 0 Å². The van der Waals surface area contributed by atoms with Gasteiger partial charge in [0, 0.05) is 57.8 Å². The second-order valence-corrected chi connectivity index (χ2v) is 5.98. The topological polar surface area (TPSA) is 78.7 Å². The van der Waals surface area contributed by atoms with Crippen LogP contribution >= 0.6 is 0 Å². The maximum absolute atomic E-state index is 11.9. The number of anilines is 1. The first-order valence-corrected chi connectivity index (χ1v) is 8.09. The number of hydrogen-bond donors (Lipinski definition) is 2. The Hall–Kier alpha value is -2.08. The highest BCUT2D eigenvalue weighted by molar-refractivity contribution is 5.78. The molecular weight excluding hydrogens is 292 g/mol. The fourth-order valence-corrected chi connectivity index (χ4v) is 2.69. The van der Waals surface area contributed by atoms with Gasteiger partial charge < -0.3 is 20.9 Å². The third-order valence-corrected chi connectivity index (χ3v) is 4.31. The van der Waals surface area contributed by atoms with Crippen LogP contribution in [0.3, 0.4) is 0 Å². The molecule has 6 heteroatoms. The summed E-state index contributed by atoms with van der Waals surface area (Å²) in [4.78, 5) is 27.5. The van der Waals surface area contributed by atoms with Gasteiger partial charge in [0.2, 0.25) is 11.8 Å². The summed E-state index contributed by atoms with van der Waals surface area (Å²) in [5.74, 6) is -0.0778. The summed E-state index contributed by atoms with van der Waals surface area (Å²) in [7, 11) is 0. The minimum Gasteiger partial charge on any atom is -0.368 e. The van der Waals surface area contributed by atoms with Crippen molar-refractivity contribution in [2.24, 2.45) is 11.7 Å². The molecule has 2 rings (SSSR count). The first-order valence-electron chi connectivity index (χ1n) is 8.09. The second kappa shape index (κ2) is 7.97. The molecule has 3 N–H and O–H groups in total. The zero-order valence-electron chi connectivity index (χ0n) is 13.9. The molecule has 126 valence electrons. The monoisotopic (exact) mass is 318 g/mol. The van der Waals surface area contributed by atoms with Crippen molar-refractivity contribution in [2.45, 2.75) is 20.4 Å². The molecule has 1 aromatic rings. The van der Waals surface area contributed by atoms with Crippen molar-refractivity contribution < 1.29 is 9.59 Å². The number of nitrogens with two attached hydrogens (primary N) is 1. The Balaban J connectivity index is 2.01. The molecule has 1 atom stereocenters. The van der Waals surface area contributed by atoms with E-state index in [9.17, 15) is 9.59 Å². The summed E-state index contributed by atoms with van der Waals surface area (Å²) in [6, 6.07) is 8.07. The van der Waals surface area contributed by atoms with E-state index in [2.05, 4.69) is 16.3 Å². The lowest BCUT2D eigenvalue weighted by Gasteiger charge is -2.36. The quantitative estimate of drug-likeness (QED) is 0.832. The molecule has 1 aliphatic rings. The molecule has 1 aromatic carbocycles. The van der Waals surface area contributed by atoms with E-state index in [1.54, 1.807) is 6.92 Å². The van der Waals surface area contributed by atoms with Gasteiger partial charge >= 0.3 is 0 Å². The van der Waals surface area contributed by atoms with Gasteiger partial charge in [-0.15, -0.1) is 0 Å². The van der Waals surface area contributed by atoms with Crippen molar-refractivity contribution in [2.75, 3.05) is 37.6 Å². The number of nitrogens with one attached hydrogen (secondary N) is 1. The second-order valence-electron chi connectivity index (χ2n) is 5.98. The van der Waals surface area contributed by atoms with E-state index in [1.807, 2.05) is 30.0 Å². The van der Waals surface area contributed by atoms with Crippen LogP contribution < -0.4 is 16.0 Å². The highest BCUT2D eigenvalue weighted by atomic mass is 16.2. The molecule has 0 aliphatic carbocycles. The molecule has 0 saturated carbocycles. The number of nitrogens with zero attached hydrogens (tertiary/aromatic N) is 2. The molecule has 0 bridgehead atoms. The zero-order chi connectivity index (χ0) is 16.8. The van der Waals surface area contributed by atoms with Gasteiger partial charge in [-0.1, -0.05) is 25.1 Å². The minimum absolute atomic E-state index is 0.0243. The van der Waals surface area contributed by atoms with Crippen LogP contribution in [0.15, 0.2) is 24.3 Å². The van der Waals surface area contributed by atoms with Crippen LogP contribution in [-0.2, 0) is 16.1 Å². The van der Waals surface area contributed by atoms with Crippen LogP contribution in [0.2, 0.25) is 0 Å².